The Bertz CT molecular complexity index is 324. The Morgan fingerprint density at radius 1 is 1.35 bits per heavy atom. The normalized spacial score (nSPS) is 20.1. The average molecular weight is 235 g/mol. The van der Waals surface area contributed by atoms with Gasteiger partial charge in [0, 0.05) is 31.4 Å². The highest BCUT2D eigenvalue weighted by Crippen LogP contribution is 2.25. The first-order chi connectivity index (χ1) is 8.25. The van der Waals surface area contributed by atoms with Crippen molar-refractivity contribution in [3.05, 3.63) is 18.0 Å². The van der Waals surface area contributed by atoms with E-state index < -0.39 is 0 Å². The first kappa shape index (κ1) is 12.6. The zero-order chi connectivity index (χ0) is 12.1. The summed E-state index contributed by atoms with van der Waals surface area (Å²) < 4.78 is 1.87. The van der Waals surface area contributed by atoms with Crippen molar-refractivity contribution in [2.45, 2.75) is 58.0 Å². The molecule has 2 rings (SSSR count). The largest absolute Gasteiger partial charge is 0.310 e. The molecular formula is C14H25N3. The lowest BCUT2D eigenvalue weighted by atomic mass is 9.93. The van der Waals surface area contributed by atoms with Gasteiger partial charge in [0.15, 0.2) is 0 Å². The lowest BCUT2D eigenvalue weighted by molar-refractivity contribution is 0.336. The molecule has 0 aliphatic heterocycles. The van der Waals surface area contributed by atoms with E-state index in [0.29, 0.717) is 6.04 Å². The van der Waals surface area contributed by atoms with E-state index in [0.717, 1.165) is 12.5 Å². The highest BCUT2D eigenvalue weighted by Gasteiger charge is 2.18. The maximum Gasteiger partial charge on any atom is 0.0534 e. The van der Waals surface area contributed by atoms with Crippen LogP contribution in [-0.4, -0.2) is 15.8 Å². The van der Waals surface area contributed by atoms with E-state index in [1.165, 1.54) is 44.1 Å². The molecule has 1 aromatic heterocycles. The summed E-state index contributed by atoms with van der Waals surface area (Å²) in [6.07, 6.45) is 12.6. The maximum atomic E-state index is 4.20. The molecule has 1 aliphatic carbocycles. The SMILES string of the molecule is C[C@H](NCc1cnn(C)c1)C1CCCCCC1. The number of hydrogen-bond donors (Lipinski definition) is 1. The highest BCUT2D eigenvalue weighted by molar-refractivity contribution is 5.03. The van der Waals surface area contributed by atoms with Gasteiger partial charge in [-0.25, -0.2) is 0 Å². The van der Waals surface area contributed by atoms with Crippen LogP contribution in [0.4, 0.5) is 0 Å². The van der Waals surface area contributed by atoms with Gasteiger partial charge in [-0.2, -0.15) is 5.10 Å². The summed E-state index contributed by atoms with van der Waals surface area (Å²) >= 11 is 0. The van der Waals surface area contributed by atoms with Gasteiger partial charge in [0.05, 0.1) is 6.20 Å². The molecule has 0 aromatic carbocycles. The Balaban J connectivity index is 1.77. The monoisotopic (exact) mass is 235 g/mol. The molecule has 1 saturated carbocycles. The second-order valence-electron chi connectivity index (χ2n) is 5.44. The Morgan fingerprint density at radius 3 is 2.65 bits per heavy atom. The van der Waals surface area contributed by atoms with E-state index in [4.69, 9.17) is 0 Å². The fourth-order valence-electron chi connectivity index (χ4n) is 2.82. The second kappa shape index (κ2) is 6.20. The smallest absolute Gasteiger partial charge is 0.0534 e. The summed E-state index contributed by atoms with van der Waals surface area (Å²) in [6, 6.07) is 0.633. The number of aromatic nitrogens is 2. The summed E-state index contributed by atoms with van der Waals surface area (Å²) in [7, 11) is 1.97. The molecule has 1 N–H and O–H groups in total. The van der Waals surface area contributed by atoms with Gasteiger partial charge >= 0.3 is 0 Å². The van der Waals surface area contributed by atoms with Crippen molar-refractivity contribution >= 4 is 0 Å². The molecular weight excluding hydrogens is 210 g/mol. The fourth-order valence-corrected chi connectivity index (χ4v) is 2.82. The molecule has 0 radical (unpaired) electrons. The number of nitrogens with zero attached hydrogens (tertiary/aromatic N) is 2. The maximum absolute atomic E-state index is 4.20. The Kier molecular flexibility index (Phi) is 4.60. The molecule has 96 valence electrons. The lowest BCUT2D eigenvalue weighted by Gasteiger charge is -2.23. The van der Waals surface area contributed by atoms with Gasteiger partial charge in [-0.1, -0.05) is 25.7 Å². The molecule has 3 nitrogen and oxygen atoms in total. The molecule has 0 spiro atoms. The minimum atomic E-state index is 0.633. The first-order valence-electron chi connectivity index (χ1n) is 6.96. The standard InChI is InChI=1S/C14H25N3/c1-12(14-7-5-3-4-6-8-14)15-9-13-10-16-17(2)11-13/h10-12,14-15H,3-9H2,1-2H3/t12-/m0/s1. The molecule has 1 aromatic rings. The fraction of sp³-hybridized carbons (Fsp3) is 0.786. The third-order valence-electron chi connectivity index (χ3n) is 3.99. The molecule has 1 fully saturated rings. The highest BCUT2D eigenvalue weighted by atomic mass is 15.2. The molecule has 17 heavy (non-hydrogen) atoms. The summed E-state index contributed by atoms with van der Waals surface area (Å²) in [5, 5.41) is 7.86. The second-order valence-corrected chi connectivity index (χ2v) is 5.44. The number of rotatable bonds is 4. The van der Waals surface area contributed by atoms with Crippen LogP contribution in [-0.2, 0) is 13.6 Å². The van der Waals surface area contributed by atoms with E-state index in [1.807, 2.05) is 17.9 Å². The van der Waals surface area contributed by atoms with E-state index in [1.54, 1.807) is 0 Å². The molecule has 1 aliphatic rings. The van der Waals surface area contributed by atoms with Crippen LogP contribution in [0.1, 0.15) is 51.0 Å². The summed E-state index contributed by atoms with van der Waals surface area (Å²) in [5.74, 6) is 0.870. The molecule has 1 atom stereocenters. The van der Waals surface area contributed by atoms with Gasteiger partial charge in [-0.3, -0.25) is 4.68 Å². The number of hydrogen-bond acceptors (Lipinski definition) is 2. The van der Waals surface area contributed by atoms with Gasteiger partial charge in [-0.05, 0) is 25.7 Å². The van der Waals surface area contributed by atoms with Crippen molar-refractivity contribution in [1.29, 1.82) is 0 Å². The summed E-state index contributed by atoms with van der Waals surface area (Å²) in [6.45, 7) is 3.29. The predicted molar refractivity (Wildman–Crippen MR) is 70.7 cm³/mol. The van der Waals surface area contributed by atoms with Crippen LogP contribution >= 0.6 is 0 Å². The average Bonchev–Trinajstić information content (AvgIpc) is 2.58. The van der Waals surface area contributed by atoms with E-state index >= 15 is 0 Å². The molecule has 1 heterocycles. The zero-order valence-corrected chi connectivity index (χ0v) is 11.2. The van der Waals surface area contributed by atoms with Gasteiger partial charge in [0.1, 0.15) is 0 Å². The van der Waals surface area contributed by atoms with Crippen molar-refractivity contribution in [1.82, 2.24) is 15.1 Å². The molecule has 0 bridgehead atoms. The van der Waals surface area contributed by atoms with Crippen molar-refractivity contribution < 1.29 is 0 Å². The third-order valence-corrected chi connectivity index (χ3v) is 3.99. The first-order valence-corrected chi connectivity index (χ1v) is 6.96. The van der Waals surface area contributed by atoms with Crippen LogP contribution in [0.2, 0.25) is 0 Å². The lowest BCUT2D eigenvalue weighted by Crippen LogP contribution is -2.32. The number of nitrogens with one attached hydrogen (secondary N) is 1. The van der Waals surface area contributed by atoms with Crippen LogP contribution in [0.25, 0.3) is 0 Å². The Hall–Kier alpha value is -0.830. The summed E-state index contributed by atoms with van der Waals surface area (Å²) in [4.78, 5) is 0. The minimum Gasteiger partial charge on any atom is -0.310 e. The van der Waals surface area contributed by atoms with Gasteiger partial charge in [-0.15, -0.1) is 0 Å². The van der Waals surface area contributed by atoms with Crippen LogP contribution in [0.15, 0.2) is 12.4 Å². The van der Waals surface area contributed by atoms with Crippen LogP contribution in [0.3, 0.4) is 0 Å². The Labute approximate surface area is 105 Å². The topological polar surface area (TPSA) is 29.9 Å². The minimum absolute atomic E-state index is 0.633. The van der Waals surface area contributed by atoms with Crippen LogP contribution < -0.4 is 5.32 Å². The van der Waals surface area contributed by atoms with Crippen molar-refractivity contribution in [2.75, 3.05) is 0 Å². The van der Waals surface area contributed by atoms with Crippen LogP contribution in [0.5, 0.6) is 0 Å². The van der Waals surface area contributed by atoms with Gasteiger partial charge in [0.25, 0.3) is 0 Å². The van der Waals surface area contributed by atoms with E-state index in [2.05, 4.69) is 23.5 Å². The molecule has 0 saturated heterocycles. The zero-order valence-electron chi connectivity index (χ0n) is 11.2. The van der Waals surface area contributed by atoms with E-state index in [9.17, 15) is 0 Å². The quantitative estimate of drug-likeness (QED) is 0.813. The van der Waals surface area contributed by atoms with Crippen molar-refractivity contribution in [2.24, 2.45) is 13.0 Å². The molecule has 3 heteroatoms. The predicted octanol–water partition coefficient (Wildman–Crippen LogP) is 2.87. The van der Waals surface area contributed by atoms with Crippen LogP contribution in [0, 0.1) is 5.92 Å². The number of aryl methyl sites for hydroxylation is 1. The summed E-state index contributed by atoms with van der Waals surface area (Å²) in [5.41, 5.74) is 1.29. The molecule has 0 amide bonds. The molecule has 0 unspecified atom stereocenters. The van der Waals surface area contributed by atoms with Crippen molar-refractivity contribution in [3.63, 3.8) is 0 Å². The van der Waals surface area contributed by atoms with Crippen molar-refractivity contribution in [3.8, 4) is 0 Å². The van der Waals surface area contributed by atoms with Gasteiger partial charge < -0.3 is 5.32 Å². The third kappa shape index (κ3) is 3.84. The van der Waals surface area contributed by atoms with Gasteiger partial charge in [0.2, 0.25) is 0 Å². The Morgan fingerprint density at radius 2 is 2.06 bits per heavy atom. The van der Waals surface area contributed by atoms with E-state index in [-0.39, 0.29) is 0 Å².